The number of hydrogen-bond donors (Lipinski definition) is 1. The van der Waals surface area contributed by atoms with Gasteiger partial charge in [0, 0.05) is 13.1 Å². The van der Waals surface area contributed by atoms with Crippen LogP contribution >= 0.6 is 9.39 Å². The van der Waals surface area contributed by atoms with Gasteiger partial charge in [0.25, 0.3) is 0 Å². The summed E-state index contributed by atoms with van der Waals surface area (Å²) in [6, 6.07) is 0. The van der Waals surface area contributed by atoms with Crippen molar-refractivity contribution in [3.05, 3.63) is 0 Å². The molecule has 1 fully saturated rings. The number of nitrogens with zero attached hydrogens (tertiary/aromatic N) is 1. The van der Waals surface area contributed by atoms with E-state index in [0.29, 0.717) is 12.5 Å². The first kappa shape index (κ1) is 8.95. The van der Waals surface area contributed by atoms with Crippen LogP contribution < -0.4 is 0 Å². The summed E-state index contributed by atoms with van der Waals surface area (Å²) in [5.74, 6) is -0.468. The third-order valence-corrected chi connectivity index (χ3v) is 2.73. The standard InChI is InChI=1S/C7H14NO2P/c1-2-5-3-8(11)4-6(5)7(9)10/h5-6H,2-4,11H2,1H3,(H,9,10)/t5-,6+/m1/s1. The number of carbonyl (C=O) groups is 1. The van der Waals surface area contributed by atoms with Crippen molar-refractivity contribution in [2.75, 3.05) is 13.1 Å². The molecule has 1 saturated heterocycles. The minimum atomic E-state index is -0.651. The van der Waals surface area contributed by atoms with E-state index in [9.17, 15) is 4.79 Å². The van der Waals surface area contributed by atoms with Gasteiger partial charge in [0.05, 0.1) is 5.92 Å². The minimum absolute atomic E-state index is 0.155. The molecule has 4 heteroatoms. The van der Waals surface area contributed by atoms with Crippen LogP contribution in [0.5, 0.6) is 0 Å². The van der Waals surface area contributed by atoms with E-state index in [4.69, 9.17) is 5.11 Å². The topological polar surface area (TPSA) is 40.5 Å². The zero-order valence-corrected chi connectivity index (χ0v) is 7.81. The molecule has 1 aliphatic rings. The maximum Gasteiger partial charge on any atom is 0.308 e. The van der Waals surface area contributed by atoms with Gasteiger partial charge >= 0.3 is 5.97 Å². The van der Waals surface area contributed by atoms with Gasteiger partial charge in [-0.1, -0.05) is 22.7 Å². The molecule has 0 aliphatic carbocycles. The van der Waals surface area contributed by atoms with Gasteiger partial charge < -0.3 is 5.11 Å². The summed E-state index contributed by atoms with van der Waals surface area (Å²) in [4.78, 5) is 10.7. The van der Waals surface area contributed by atoms with Crippen LogP contribution in [0.2, 0.25) is 0 Å². The van der Waals surface area contributed by atoms with Gasteiger partial charge in [-0.15, -0.1) is 0 Å². The van der Waals surface area contributed by atoms with Gasteiger partial charge in [-0.25, -0.2) is 0 Å². The number of rotatable bonds is 2. The summed E-state index contributed by atoms with van der Waals surface area (Å²) in [5.41, 5.74) is 0. The molecule has 0 aromatic rings. The van der Waals surface area contributed by atoms with Crippen LogP contribution in [0, 0.1) is 11.8 Å². The Hall–Kier alpha value is -0.140. The van der Waals surface area contributed by atoms with Crippen molar-refractivity contribution < 1.29 is 9.90 Å². The van der Waals surface area contributed by atoms with Crippen LogP contribution in [0.15, 0.2) is 0 Å². The lowest BCUT2D eigenvalue weighted by atomic mass is 9.94. The molecule has 0 amide bonds. The third kappa shape index (κ3) is 1.91. The predicted molar refractivity (Wildman–Crippen MR) is 46.2 cm³/mol. The molecule has 1 heterocycles. The van der Waals surface area contributed by atoms with Crippen molar-refractivity contribution >= 4 is 15.4 Å². The third-order valence-electron chi connectivity index (χ3n) is 2.31. The van der Waals surface area contributed by atoms with E-state index in [2.05, 4.69) is 9.39 Å². The molecule has 0 saturated carbocycles. The molecule has 11 heavy (non-hydrogen) atoms. The summed E-state index contributed by atoms with van der Waals surface area (Å²) in [7, 11) is 2.56. The first-order valence-corrected chi connectivity index (χ1v) is 4.39. The van der Waals surface area contributed by atoms with E-state index in [1.807, 2.05) is 11.6 Å². The fourth-order valence-corrected chi connectivity index (χ4v) is 2.10. The molecule has 0 spiro atoms. The summed E-state index contributed by atoms with van der Waals surface area (Å²) < 4.78 is 2.01. The normalized spacial score (nSPS) is 32.5. The lowest BCUT2D eigenvalue weighted by Gasteiger charge is -2.10. The first-order valence-electron chi connectivity index (χ1n) is 3.87. The summed E-state index contributed by atoms with van der Waals surface area (Å²) in [6.07, 6.45) is 0.960. The molecule has 0 radical (unpaired) electrons. The Morgan fingerprint density at radius 3 is 2.73 bits per heavy atom. The Bertz CT molecular complexity index is 163. The zero-order chi connectivity index (χ0) is 8.43. The highest BCUT2D eigenvalue weighted by molar-refractivity contribution is 7.13. The van der Waals surface area contributed by atoms with Gasteiger partial charge in [-0.3, -0.25) is 9.46 Å². The van der Waals surface area contributed by atoms with Gasteiger partial charge in [0.1, 0.15) is 0 Å². The second kappa shape index (κ2) is 3.51. The van der Waals surface area contributed by atoms with Crippen LogP contribution in [0.1, 0.15) is 13.3 Å². The van der Waals surface area contributed by atoms with E-state index < -0.39 is 5.97 Å². The van der Waals surface area contributed by atoms with Crippen molar-refractivity contribution in [3.8, 4) is 0 Å². The fourth-order valence-electron chi connectivity index (χ4n) is 1.60. The summed E-state index contributed by atoms with van der Waals surface area (Å²) >= 11 is 0. The van der Waals surface area contributed by atoms with Crippen LogP contribution in [-0.2, 0) is 4.79 Å². The van der Waals surface area contributed by atoms with Gasteiger partial charge in [0.2, 0.25) is 0 Å². The Labute approximate surface area is 69.0 Å². The average molecular weight is 175 g/mol. The second-order valence-corrected chi connectivity index (χ2v) is 3.80. The molecule has 0 aromatic carbocycles. The van der Waals surface area contributed by atoms with Gasteiger partial charge in [-0.2, -0.15) is 0 Å². The van der Waals surface area contributed by atoms with Crippen LogP contribution in [-0.4, -0.2) is 28.8 Å². The lowest BCUT2D eigenvalue weighted by Crippen LogP contribution is -2.21. The smallest absolute Gasteiger partial charge is 0.308 e. The van der Waals surface area contributed by atoms with Crippen molar-refractivity contribution in [2.45, 2.75) is 13.3 Å². The number of hydrogen-bond acceptors (Lipinski definition) is 2. The highest BCUT2D eigenvalue weighted by Gasteiger charge is 2.34. The molecule has 64 valence electrons. The molecule has 0 bridgehead atoms. The maximum atomic E-state index is 10.7. The van der Waals surface area contributed by atoms with E-state index in [-0.39, 0.29) is 5.92 Å². The number of carboxylic acids is 1. The highest BCUT2D eigenvalue weighted by atomic mass is 31.0. The fraction of sp³-hybridized carbons (Fsp3) is 0.857. The Morgan fingerprint density at radius 2 is 2.36 bits per heavy atom. The lowest BCUT2D eigenvalue weighted by molar-refractivity contribution is -0.142. The van der Waals surface area contributed by atoms with E-state index in [0.717, 1.165) is 13.0 Å². The average Bonchev–Trinajstić information content (AvgIpc) is 2.30. The SMILES string of the molecule is CC[C@@H]1CN(P)C[C@@H]1C(=O)O. The quantitative estimate of drug-likeness (QED) is 0.631. The summed E-state index contributed by atoms with van der Waals surface area (Å²) in [6.45, 7) is 3.63. The van der Waals surface area contributed by atoms with E-state index in [1.54, 1.807) is 0 Å². The molecule has 3 nitrogen and oxygen atoms in total. The molecular weight excluding hydrogens is 161 g/mol. The predicted octanol–water partition coefficient (Wildman–Crippen LogP) is 0.819. The molecule has 3 atom stereocenters. The Kier molecular flexibility index (Phi) is 2.85. The maximum absolute atomic E-state index is 10.7. The number of aliphatic carboxylic acids is 1. The van der Waals surface area contributed by atoms with Crippen LogP contribution in [0.3, 0.4) is 0 Å². The van der Waals surface area contributed by atoms with Gasteiger partial charge in [-0.05, 0) is 5.92 Å². The molecular formula is C7H14NO2P. The number of carboxylic acid groups (broad SMARTS) is 1. The molecule has 1 rings (SSSR count). The van der Waals surface area contributed by atoms with Crippen molar-refractivity contribution in [3.63, 3.8) is 0 Å². The Morgan fingerprint density at radius 1 is 1.73 bits per heavy atom. The minimum Gasteiger partial charge on any atom is -0.481 e. The van der Waals surface area contributed by atoms with E-state index in [1.165, 1.54) is 0 Å². The second-order valence-electron chi connectivity index (χ2n) is 3.07. The Balaban J connectivity index is 2.57. The molecule has 1 unspecified atom stereocenters. The van der Waals surface area contributed by atoms with Crippen LogP contribution in [0.25, 0.3) is 0 Å². The van der Waals surface area contributed by atoms with Crippen LogP contribution in [0.4, 0.5) is 0 Å². The monoisotopic (exact) mass is 175 g/mol. The molecule has 0 aromatic heterocycles. The molecule has 1 N–H and O–H groups in total. The van der Waals surface area contributed by atoms with Crippen molar-refractivity contribution in [2.24, 2.45) is 11.8 Å². The largest absolute Gasteiger partial charge is 0.481 e. The van der Waals surface area contributed by atoms with Crippen molar-refractivity contribution in [1.82, 2.24) is 4.67 Å². The first-order chi connectivity index (χ1) is 5.15. The molecule has 1 aliphatic heterocycles. The summed E-state index contributed by atoms with van der Waals surface area (Å²) in [5, 5.41) is 8.80. The highest BCUT2D eigenvalue weighted by Crippen LogP contribution is 2.28. The van der Waals surface area contributed by atoms with E-state index >= 15 is 0 Å². The zero-order valence-electron chi connectivity index (χ0n) is 6.66. The van der Waals surface area contributed by atoms with Crippen molar-refractivity contribution in [1.29, 1.82) is 0 Å². The van der Waals surface area contributed by atoms with Gasteiger partial charge in [0.15, 0.2) is 0 Å².